The average Bonchev–Trinajstić information content (AvgIpc) is 2.62. The van der Waals surface area contributed by atoms with Gasteiger partial charge in [-0.2, -0.15) is 0 Å². The highest BCUT2D eigenvalue weighted by Crippen LogP contribution is 2.34. The number of nitrogens with zero attached hydrogens (tertiary/aromatic N) is 1. The Morgan fingerprint density at radius 1 is 0.958 bits per heavy atom. The molecule has 0 aromatic heterocycles. The number of hydrogen-bond acceptors (Lipinski definition) is 2. The van der Waals surface area contributed by atoms with Crippen molar-refractivity contribution in [2.75, 3.05) is 13.1 Å². The third-order valence-electron chi connectivity index (χ3n) is 5.02. The van der Waals surface area contributed by atoms with Crippen molar-refractivity contribution in [3.8, 4) is 0 Å². The summed E-state index contributed by atoms with van der Waals surface area (Å²) in [6, 6.07) is 17.0. The summed E-state index contributed by atoms with van der Waals surface area (Å²) in [5, 5.41) is 15.7. The van der Waals surface area contributed by atoms with Crippen LogP contribution in [0.2, 0.25) is 0 Å². The average molecular weight is 386 g/mol. The van der Waals surface area contributed by atoms with Crippen molar-refractivity contribution >= 4 is 37.5 Å². The molecular weight excluding hydrogens is 362 g/mol. The Morgan fingerprint density at radius 2 is 1.62 bits per heavy atom. The number of aliphatic hydroxyl groups is 1. The van der Waals surface area contributed by atoms with Crippen LogP contribution < -0.4 is 0 Å². The van der Waals surface area contributed by atoms with Crippen LogP contribution in [0.15, 0.2) is 53.0 Å². The molecule has 0 aliphatic carbocycles. The molecule has 0 amide bonds. The van der Waals surface area contributed by atoms with Gasteiger partial charge in [0.25, 0.3) is 0 Å². The summed E-state index contributed by atoms with van der Waals surface area (Å²) in [5.74, 6) is 0. The lowest BCUT2D eigenvalue weighted by Crippen LogP contribution is -2.37. The first kappa shape index (κ1) is 17.4. The van der Waals surface area contributed by atoms with Gasteiger partial charge in [-0.05, 0) is 59.3 Å². The summed E-state index contributed by atoms with van der Waals surface area (Å²) < 4.78 is 1.11. The summed E-state index contributed by atoms with van der Waals surface area (Å²) >= 11 is 3.67. The summed E-state index contributed by atoms with van der Waals surface area (Å²) in [4.78, 5) is 2.29. The van der Waals surface area contributed by atoms with Crippen molar-refractivity contribution in [1.82, 2.24) is 4.90 Å². The summed E-state index contributed by atoms with van der Waals surface area (Å²) in [6.45, 7) is 8.26. The number of fused-ring (bicyclic) bond motifs is 3. The minimum atomic E-state index is -0.489. The first-order valence-corrected chi connectivity index (χ1v) is 9.39. The van der Waals surface area contributed by atoms with Crippen molar-refractivity contribution in [1.29, 1.82) is 0 Å². The predicted molar refractivity (Wildman–Crippen MR) is 106 cm³/mol. The number of aliphatic hydroxyl groups excluding tert-OH is 1. The zero-order valence-electron chi connectivity index (χ0n) is 14.5. The van der Waals surface area contributed by atoms with Gasteiger partial charge in [0.1, 0.15) is 0 Å². The van der Waals surface area contributed by atoms with Gasteiger partial charge in [0.2, 0.25) is 0 Å². The van der Waals surface area contributed by atoms with Crippen LogP contribution in [0.3, 0.4) is 0 Å². The van der Waals surface area contributed by atoms with Crippen molar-refractivity contribution in [3.63, 3.8) is 0 Å². The van der Waals surface area contributed by atoms with Gasteiger partial charge in [0, 0.05) is 10.5 Å². The molecule has 0 bridgehead atoms. The maximum atomic E-state index is 10.9. The molecule has 126 valence electrons. The minimum Gasteiger partial charge on any atom is -0.387 e. The zero-order valence-corrected chi connectivity index (χ0v) is 16.0. The summed E-state index contributed by atoms with van der Waals surface area (Å²) in [5.41, 5.74) is 0.981. The summed E-state index contributed by atoms with van der Waals surface area (Å²) in [6.07, 6.45) is -0.489. The molecule has 0 radical (unpaired) electrons. The monoisotopic (exact) mass is 385 g/mol. The molecule has 1 N–H and O–H groups in total. The van der Waals surface area contributed by atoms with E-state index in [1.54, 1.807) is 0 Å². The third-order valence-corrected chi connectivity index (χ3v) is 5.68. The number of hydrogen-bond donors (Lipinski definition) is 1. The van der Waals surface area contributed by atoms with Crippen LogP contribution in [0.4, 0.5) is 0 Å². The molecule has 3 aromatic rings. The van der Waals surface area contributed by atoms with Crippen molar-refractivity contribution < 1.29 is 5.11 Å². The van der Waals surface area contributed by atoms with Crippen LogP contribution in [-0.2, 0) is 0 Å². The highest BCUT2D eigenvalue weighted by Gasteiger charge is 2.21. The van der Waals surface area contributed by atoms with Crippen molar-refractivity contribution in [2.45, 2.75) is 32.9 Å². The van der Waals surface area contributed by atoms with E-state index in [0.29, 0.717) is 0 Å². The lowest BCUT2D eigenvalue weighted by Gasteiger charge is -2.30. The van der Waals surface area contributed by atoms with Crippen LogP contribution in [-0.4, -0.2) is 29.1 Å². The molecule has 2 atom stereocenters. The fourth-order valence-electron chi connectivity index (χ4n) is 3.54. The Labute approximate surface area is 152 Å². The molecule has 0 aliphatic heterocycles. The van der Waals surface area contributed by atoms with Gasteiger partial charge in [-0.1, -0.05) is 66.2 Å². The third kappa shape index (κ3) is 3.08. The molecule has 3 rings (SSSR count). The standard InChI is InChI=1S/C21H24BrNO/c1-4-23(5-2)14(3)21(24)16-11-10-15-13-20(22)18-9-7-6-8-17(18)19(15)12-16/h6-14,21,24H,4-5H2,1-3H3/t14-,21-/m1/s1. The van der Waals surface area contributed by atoms with Crippen LogP contribution in [0.5, 0.6) is 0 Å². The fraction of sp³-hybridized carbons (Fsp3) is 0.333. The number of likely N-dealkylation sites (N-methyl/N-ethyl adjacent to an activating group) is 1. The van der Waals surface area contributed by atoms with E-state index in [-0.39, 0.29) is 6.04 Å². The van der Waals surface area contributed by atoms with E-state index in [2.05, 4.69) is 84.1 Å². The van der Waals surface area contributed by atoms with Gasteiger partial charge >= 0.3 is 0 Å². The first-order valence-electron chi connectivity index (χ1n) is 8.59. The van der Waals surface area contributed by atoms with Gasteiger partial charge in [-0.3, -0.25) is 4.90 Å². The number of halogens is 1. The second-order valence-electron chi connectivity index (χ2n) is 6.29. The van der Waals surface area contributed by atoms with Gasteiger partial charge in [-0.25, -0.2) is 0 Å². The van der Waals surface area contributed by atoms with Gasteiger partial charge in [0.15, 0.2) is 0 Å². The van der Waals surface area contributed by atoms with E-state index >= 15 is 0 Å². The Bertz CT molecular complexity index is 857. The lowest BCUT2D eigenvalue weighted by molar-refractivity contribution is 0.0639. The lowest BCUT2D eigenvalue weighted by atomic mass is 9.96. The summed E-state index contributed by atoms with van der Waals surface area (Å²) in [7, 11) is 0. The SMILES string of the molecule is CCN(CC)[C@H](C)[C@@H](O)c1ccc2cc(Br)c3ccccc3c2c1. The van der Waals surface area contributed by atoms with E-state index < -0.39 is 6.10 Å². The Balaban J connectivity index is 2.11. The van der Waals surface area contributed by atoms with Crippen LogP contribution >= 0.6 is 15.9 Å². The van der Waals surface area contributed by atoms with Crippen molar-refractivity contribution in [2.24, 2.45) is 0 Å². The normalized spacial score (nSPS) is 14.4. The maximum Gasteiger partial charge on any atom is 0.0942 e. The smallest absolute Gasteiger partial charge is 0.0942 e. The van der Waals surface area contributed by atoms with Gasteiger partial charge in [0.05, 0.1) is 6.10 Å². The predicted octanol–water partition coefficient (Wildman–Crippen LogP) is 5.52. The number of rotatable bonds is 5. The quantitative estimate of drug-likeness (QED) is 0.584. The van der Waals surface area contributed by atoms with E-state index in [9.17, 15) is 5.11 Å². The second kappa shape index (κ2) is 7.22. The maximum absolute atomic E-state index is 10.9. The second-order valence-corrected chi connectivity index (χ2v) is 7.15. The molecule has 0 fully saturated rings. The minimum absolute atomic E-state index is 0.0964. The van der Waals surface area contributed by atoms with Gasteiger partial charge < -0.3 is 5.11 Å². The highest BCUT2D eigenvalue weighted by molar-refractivity contribution is 9.10. The Morgan fingerprint density at radius 3 is 2.29 bits per heavy atom. The van der Waals surface area contributed by atoms with E-state index in [1.807, 2.05) is 6.07 Å². The van der Waals surface area contributed by atoms with Crippen LogP contribution in [0.25, 0.3) is 21.5 Å². The molecular formula is C21H24BrNO. The molecule has 0 heterocycles. The largest absolute Gasteiger partial charge is 0.387 e. The fourth-order valence-corrected chi connectivity index (χ4v) is 4.13. The number of benzene rings is 3. The topological polar surface area (TPSA) is 23.5 Å². The highest BCUT2D eigenvalue weighted by atomic mass is 79.9. The van der Waals surface area contributed by atoms with E-state index in [4.69, 9.17) is 0 Å². The van der Waals surface area contributed by atoms with Gasteiger partial charge in [-0.15, -0.1) is 0 Å². The molecule has 3 heteroatoms. The van der Waals surface area contributed by atoms with E-state index in [0.717, 1.165) is 23.1 Å². The Kier molecular flexibility index (Phi) is 5.24. The molecule has 2 nitrogen and oxygen atoms in total. The molecule has 0 unspecified atom stereocenters. The molecule has 0 saturated carbocycles. The molecule has 24 heavy (non-hydrogen) atoms. The first-order chi connectivity index (χ1) is 11.6. The molecule has 0 saturated heterocycles. The van der Waals surface area contributed by atoms with Crippen LogP contribution in [0, 0.1) is 0 Å². The van der Waals surface area contributed by atoms with E-state index in [1.165, 1.54) is 21.5 Å². The molecule has 3 aromatic carbocycles. The van der Waals surface area contributed by atoms with Crippen LogP contribution in [0.1, 0.15) is 32.4 Å². The molecule has 0 aliphatic rings. The zero-order chi connectivity index (χ0) is 17.3. The molecule has 0 spiro atoms. The van der Waals surface area contributed by atoms with Crippen molar-refractivity contribution in [3.05, 3.63) is 58.6 Å². The Hall–Kier alpha value is -1.42.